The Balaban J connectivity index is 0.970. The van der Waals surface area contributed by atoms with Crippen LogP contribution in [-0.2, 0) is 0 Å². The smallest absolute Gasteiger partial charge is 0.0998 e. The number of rotatable bonds is 8. The van der Waals surface area contributed by atoms with E-state index < -0.39 is 0 Å². The van der Waals surface area contributed by atoms with Gasteiger partial charge >= 0.3 is 0 Å². The second-order valence-corrected chi connectivity index (χ2v) is 14.9. The monoisotopic (exact) mass is 763 g/mol. The summed E-state index contributed by atoms with van der Waals surface area (Å²) in [6.45, 7) is 0. The van der Waals surface area contributed by atoms with Crippen LogP contribution in [0.1, 0.15) is 5.56 Å². The van der Waals surface area contributed by atoms with E-state index in [1.807, 2.05) is 42.5 Å². The van der Waals surface area contributed by atoms with Gasteiger partial charge < -0.3 is 0 Å². The van der Waals surface area contributed by atoms with Gasteiger partial charge in [0.25, 0.3) is 0 Å². The van der Waals surface area contributed by atoms with Gasteiger partial charge in [-0.3, -0.25) is 0 Å². The molecule has 0 aliphatic heterocycles. The summed E-state index contributed by atoms with van der Waals surface area (Å²) < 4.78 is 0. The number of pyridine rings is 2. The molecule has 2 heterocycles. The van der Waals surface area contributed by atoms with Crippen LogP contribution in [0.3, 0.4) is 0 Å². The van der Waals surface area contributed by atoms with Gasteiger partial charge in [0.05, 0.1) is 34.4 Å². The molecule has 0 radical (unpaired) electrons. The van der Waals surface area contributed by atoms with Crippen LogP contribution < -0.4 is 0 Å². The topological polar surface area (TPSA) is 49.6 Å². The number of hydrogen-bond acceptors (Lipinski definition) is 3. The molecule has 0 unspecified atom stereocenters. The normalized spacial score (nSPS) is 11.0. The molecule has 0 amide bonds. The Kier molecular flexibility index (Phi) is 9.64. The van der Waals surface area contributed by atoms with E-state index in [0.29, 0.717) is 5.56 Å². The van der Waals surface area contributed by atoms with Crippen LogP contribution in [0.15, 0.2) is 224 Å². The Morgan fingerprint density at radius 1 is 0.267 bits per heavy atom. The summed E-state index contributed by atoms with van der Waals surface area (Å²) in [5.41, 5.74) is 17.2. The van der Waals surface area contributed by atoms with Crippen LogP contribution in [0.5, 0.6) is 0 Å². The highest BCUT2D eigenvalue weighted by molar-refractivity contribution is 5.94. The standard InChI is InChI=1S/C57H37N3/c58-38-52-32-48-30-29-47(41-21-25-45(26-22-41)56-36-50(39-13-5-1-6-14-39)34-54(59-56)43-17-9-3-10-18-43)31-49(48)33-53(52)42-23-27-46(28-24-42)57-37-51(40-15-7-2-8-16-40)35-55(60-57)44-19-11-4-12-20-44/h1-37H. The van der Waals surface area contributed by atoms with Crippen molar-refractivity contribution in [2.45, 2.75) is 0 Å². The molecule has 0 N–H and O–H groups in total. The highest BCUT2D eigenvalue weighted by Gasteiger charge is 2.14. The molecule has 280 valence electrons. The van der Waals surface area contributed by atoms with Crippen molar-refractivity contribution in [3.63, 3.8) is 0 Å². The van der Waals surface area contributed by atoms with E-state index in [9.17, 15) is 5.26 Å². The molecule has 3 heteroatoms. The molecule has 0 aliphatic carbocycles. The first-order valence-corrected chi connectivity index (χ1v) is 20.1. The van der Waals surface area contributed by atoms with Crippen molar-refractivity contribution >= 4 is 10.8 Å². The average molecular weight is 764 g/mol. The number of aromatic nitrogens is 2. The fourth-order valence-corrected chi connectivity index (χ4v) is 7.93. The summed E-state index contributed by atoms with van der Waals surface area (Å²) in [6, 6.07) is 80.3. The van der Waals surface area contributed by atoms with Gasteiger partial charge in [0.2, 0.25) is 0 Å². The van der Waals surface area contributed by atoms with Crippen molar-refractivity contribution in [2.75, 3.05) is 0 Å². The maximum absolute atomic E-state index is 10.3. The second-order valence-electron chi connectivity index (χ2n) is 14.9. The molecule has 0 spiro atoms. The Bertz CT molecular complexity index is 3040. The quantitative estimate of drug-likeness (QED) is 0.155. The number of benzene rings is 8. The predicted octanol–water partition coefficient (Wildman–Crippen LogP) is 14.8. The van der Waals surface area contributed by atoms with E-state index >= 15 is 0 Å². The minimum atomic E-state index is 0.642. The molecular formula is C57H37N3. The molecule has 0 aliphatic rings. The summed E-state index contributed by atoms with van der Waals surface area (Å²) in [6.07, 6.45) is 0. The first-order valence-electron chi connectivity index (χ1n) is 20.1. The van der Waals surface area contributed by atoms with E-state index in [0.717, 1.165) is 100 Å². The number of nitriles is 1. The first kappa shape index (κ1) is 36.2. The number of hydrogen-bond donors (Lipinski definition) is 0. The van der Waals surface area contributed by atoms with Crippen LogP contribution in [0.2, 0.25) is 0 Å². The molecule has 10 aromatic rings. The molecule has 60 heavy (non-hydrogen) atoms. The fourth-order valence-electron chi connectivity index (χ4n) is 7.93. The van der Waals surface area contributed by atoms with E-state index in [4.69, 9.17) is 9.97 Å². The zero-order valence-electron chi connectivity index (χ0n) is 32.7. The molecule has 3 nitrogen and oxygen atoms in total. The van der Waals surface area contributed by atoms with Crippen molar-refractivity contribution in [3.8, 4) is 95.6 Å². The Hall–Kier alpha value is -8.19. The highest BCUT2D eigenvalue weighted by atomic mass is 14.7. The number of fused-ring (bicyclic) bond motifs is 1. The lowest BCUT2D eigenvalue weighted by atomic mass is 9.93. The van der Waals surface area contributed by atoms with Crippen molar-refractivity contribution in [1.82, 2.24) is 9.97 Å². The highest BCUT2D eigenvalue weighted by Crippen LogP contribution is 2.36. The van der Waals surface area contributed by atoms with Gasteiger partial charge in [-0.2, -0.15) is 5.26 Å². The molecule has 0 atom stereocenters. The van der Waals surface area contributed by atoms with E-state index in [-0.39, 0.29) is 0 Å². The van der Waals surface area contributed by atoms with Crippen LogP contribution >= 0.6 is 0 Å². The molecule has 0 bridgehead atoms. The zero-order chi connectivity index (χ0) is 40.3. The van der Waals surface area contributed by atoms with Gasteiger partial charge in [-0.05, 0) is 92.2 Å². The molecule has 8 aromatic carbocycles. The largest absolute Gasteiger partial charge is 0.248 e. The lowest BCUT2D eigenvalue weighted by Gasteiger charge is -2.12. The molecule has 0 fully saturated rings. The number of nitrogens with zero attached hydrogens (tertiary/aromatic N) is 3. The third-order valence-corrected chi connectivity index (χ3v) is 11.1. The van der Waals surface area contributed by atoms with Crippen molar-refractivity contribution in [3.05, 3.63) is 230 Å². The Morgan fingerprint density at radius 2 is 0.617 bits per heavy atom. The van der Waals surface area contributed by atoms with E-state index in [1.165, 1.54) is 0 Å². The summed E-state index contributed by atoms with van der Waals surface area (Å²) in [5, 5.41) is 12.4. The predicted molar refractivity (Wildman–Crippen MR) is 248 cm³/mol. The van der Waals surface area contributed by atoms with Gasteiger partial charge in [-0.25, -0.2) is 9.97 Å². The van der Waals surface area contributed by atoms with Gasteiger partial charge in [0, 0.05) is 27.8 Å². The molecule has 2 aromatic heterocycles. The second kappa shape index (κ2) is 16.0. The first-order chi connectivity index (χ1) is 29.6. The summed E-state index contributed by atoms with van der Waals surface area (Å²) in [7, 11) is 0. The van der Waals surface area contributed by atoms with Crippen LogP contribution in [-0.4, -0.2) is 9.97 Å². The van der Waals surface area contributed by atoms with Crippen LogP contribution in [0, 0.1) is 11.3 Å². The lowest BCUT2D eigenvalue weighted by molar-refractivity contribution is 1.32. The summed E-state index contributed by atoms with van der Waals surface area (Å²) >= 11 is 0. The summed E-state index contributed by atoms with van der Waals surface area (Å²) in [4.78, 5) is 10.2. The van der Waals surface area contributed by atoms with Crippen molar-refractivity contribution in [1.29, 1.82) is 5.26 Å². The van der Waals surface area contributed by atoms with Crippen LogP contribution in [0.25, 0.3) is 100 Å². The van der Waals surface area contributed by atoms with E-state index in [2.05, 4.69) is 188 Å². The van der Waals surface area contributed by atoms with Gasteiger partial charge in [-0.1, -0.05) is 182 Å². The third-order valence-electron chi connectivity index (χ3n) is 11.1. The lowest BCUT2D eigenvalue weighted by Crippen LogP contribution is -1.92. The molecule has 0 saturated heterocycles. The van der Waals surface area contributed by atoms with E-state index in [1.54, 1.807) is 0 Å². The van der Waals surface area contributed by atoms with Gasteiger partial charge in [0.1, 0.15) is 0 Å². The van der Waals surface area contributed by atoms with Crippen molar-refractivity contribution < 1.29 is 0 Å². The summed E-state index contributed by atoms with van der Waals surface area (Å²) in [5.74, 6) is 0. The molecule has 10 rings (SSSR count). The SMILES string of the molecule is N#Cc1cc2ccc(-c3ccc(-c4cc(-c5ccccc5)cc(-c5ccccc5)n4)cc3)cc2cc1-c1ccc(-c2cc(-c3ccccc3)cc(-c3ccccc3)n2)cc1. The van der Waals surface area contributed by atoms with Gasteiger partial charge in [-0.15, -0.1) is 0 Å². The van der Waals surface area contributed by atoms with Crippen LogP contribution in [0.4, 0.5) is 0 Å². The minimum Gasteiger partial charge on any atom is -0.248 e. The maximum Gasteiger partial charge on any atom is 0.0998 e. The average Bonchev–Trinajstić information content (AvgIpc) is 3.34. The zero-order valence-corrected chi connectivity index (χ0v) is 32.7. The van der Waals surface area contributed by atoms with Gasteiger partial charge in [0.15, 0.2) is 0 Å². The molecular weight excluding hydrogens is 727 g/mol. The Morgan fingerprint density at radius 3 is 1.05 bits per heavy atom. The fraction of sp³-hybridized carbons (Fsp3) is 0. The molecule has 0 saturated carbocycles. The minimum absolute atomic E-state index is 0.642. The third kappa shape index (κ3) is 7.38. The maximum atomic E-state index is 10.3. The van der Waals surface area contributed by atoms with Crippen molar-refractivity contribution in [2.24, 2.45) is 0 Å². The Labute approximate surface area is 350 Å².